The molecule has 0 heterocycles. The third-order valence-corrected chi connectivity index (χ3v) is 19.5. The molecule has 0 bridgehead atoms. The Morgan fingerprint density at radius 1 is 0.528 bits per heavy atom. The molecule has 0 aromatic heterocycles. The summed E-state index contributed by atoms with van der Waals surface area (Å²) in [5.74, 6) is 2.85. The second kappa shape index (κ2) is 14.9. The van der Waals surface area contributed by atoms with Crippen LogP contribution in [0.2, 0.25) is 18.1 Å². The lowest BCUT2D eigenvalue weighted by Crippen LogP contribution is -2.51. The van der Waals surface area contributed by atoms with Crippen LogP contribution in [0.1, 0.15) is 96.3 Å². The molecular formula is C33H54Si3. The maximum absolute atomic E-state index is 4.48. The average Bonchev–Trinajstić information content (AvgIpc) is 2.95. The Kier molecular flexibility index (Phi) is 11.6. The van der Waals surface area contributed by atoms with Gasteiger partial charge in [-0.15, -0.1) is 36.8 Å². The summed E-state index contributed by atoms with van der Waals surface area (Å²) >= 11 is 0. The lowest BCUT2D eigenvalue weighted by molar-refractivity contribution is 0.384. The van der Waals surface area contributed by atoms with Crippen molar-refractivity contribution in [3.8, 4) is 0 Å². The fourth-order valence-electron chi connectivity index (χ4n) is 7.90. The van der Waals surface area contributed by atoms with Crippen LogP contribution in [0.15, 0.2) is 55.0 Å². The van der Waals surface area contributed by atoms with Crippen molar-refractivity contribution >= 4 is 42.0 Å². The van der Waals surface area contributed by atoms with Crippen molar-refractivity contribution in [3.05, 3.63) is 55.0 Å². The van der Waals surface area contributed by atoms with E-state index in [9.17, 15) is 0 Å². The highest BCUT2D eigenvalue weighted by molar-refractivity contribution is 6.89. The first-order chi connectivity index (χ1) is 17.7. The standard InChI is InChI=1S/C33H54Si3/c1-4-34(25-28-16-10-7-11-17-28)31-22-23-32(35(5-2)26-29-18-12-8-13-19-29)33(24-31)36(6-3)27-30-20-14-9-15-21-30/h4-6,22-24,28-30,34-36H,1-3,7-21,25-27H2. The maximum atomic E-state index is 4.48. The molecule has 0 spiro atoms. The summed E-state index contributed by atoms with van der Waals surface area (Å²) in [5.41, 5.74) is 7.30. The van der Waals surface area contributed by atoms with E-state index in [4.69, 9.17) is 0 Å². The average molecular weight is 535 g/mol. The van der Waals surface area contributed by atoms with E-state index in [0.717, 1.165) is 17.8 Å². The topological polar surface area (TPSA) is 0 Å². The minimum atomic E-state index is -1.20. The monoisotopic (exact) mass is 534 g/mol. The molecule has 36 heavy (non-hydrogen) atoms. The van der Waals surface area contributed by atoms with Crippen LogP contribution in [0, 0.1) is 17.8 Å². The number of hydrogen-bond acceptors (Lipinski definition) is 0. The fraction of sp³-hybridized carbons (Fsp3) is 0.636. The Morgan fingerprint density at radius 2 is 0.917 bits per heavy atom. The Hall–Kier alpha value is -0.909. The van der Waals surface area contributed by atoms with Crippen LogP contribution in [-0.2, 0) is 0 Å². The third-order valence-electron chi connectivity index (χ3n) is 10.1. The van der Waals surface area contributed by atoms with Crippen LogP contribution >= 0.6 is 0 Å². The van der Waals surface area contributed by atoms with E-state index in [2.05, 4.69) is 55.0 Å². The molecule has 3 saturated carbocycles. The van der Waals surface area contributed by atoms with Gasteiger partial charge >= 0.3 is 0 Å². The fourth-order valence-corrected chi connectivity index (χ4v) is 17.6. The van der Waals surface area contributed by atoms with Crippen molar-refractivity contribution in [1.82, 2.24) is 0 Å². The van der Waals surface area contributed by atoms with E-state index < -0.39 is 26.4 Å². The molecular weight excluding hydrogens is 481 g/mol. The van der Waals surface area contributed by atoms with Gasteiger partial charge in [-0.1, -0.05) is 130 Å². The quantitative estimate of drug-likeness (QED) is 0.256. The molecule has 0 nitrogen and oxygen atoms in total. The molecule has 3 fully saturated rings. The van der Waals surface area contributed by atoms with Crippen molar-refractivity contribution in [3.63, 3.8) is 0 Å². The Labute approximate surface area is 228 Å². The molecule has 1 aromatic carbocycles. The van der Waals surface area contributed by atoms with Gasteiger partial charge in [-0.3, -0.25) is 0 Å². The molecule has 3 unspecified atom stereocenters. The summed E-state index contributed by atoms with van der Waals surface area (Å²) in [6.45, 7) is 13.3. The maximum Gasteiger partial charge on any atom is 0.0936 e. The molecule has 3 atom stereocenters. The third kappa shape index (κ3) is 7.80. The first-order valence-electron chi connectivity index (χ1n) is 15.7. The molecule has 4 rings (SSSR count). The van der Waals surface area contributed by atoms with Gasteiger partial charge in [0.25, 0.3) is 0 Å². The van der Waals surface area contributed by atoms with Crippen LogP contribution in [0.5, 0.6) is 0 Å². The highest BCUT2D eigenvalue weighted by atomic mass is 28.3. The van der Waals surface area contributed by atoms with E-state index in [-0.39, 0.29) is 0 Å². The Balaban J connectivity index is 1.62. The molecule has 3 aliphatic carbocycles. The SMILES string of the molecule is C=C[SiH](CC1CCCCC1)c1ccc([SiH](C=C)CC2CCCCC2)c([SiH](C=C)CC2CCCCC2)c1. The number of hydrogen-bond donors (Lipinski definition) is 0. The zero-order valence-corrected chi connectivity index (χ0v) is 26.7. The van der Waals surface area contributed by atoms with Gasteiger partial charge in [-0.2, -0.15) is 0 Å². The van der Waals surface area contributed by atoms with E-state index in [1.54, 1.807) is 15.6 Å². The molecule has 198 valence electrons. The highest BCUT2D eigenvalue weighted by Gasteiger charge is 2.28. The van der Waals surface area contributed by atoms with Gasteiger partial charge in [0.15, 0.2) is 0 Å². The number of benzene rings is 1. The lowest BCUT2D eigenvalue weighted by atomic mass is 9.91. The van der Waals surface area contributed by atoms with Gasteiger partial charge in [-0.25, -0.2) is 0 Å². The number of rotatable bonds is 12. The van der Waals surface area contributed by atoms with E-state index in [1.165, 1.54) is 114 Å². The van der Waals surface area contributed by atoms with Gasteiger partial charge < -0.3 is 0 Å². The predicted octanol–water partition coefficient (Wildman–Crippen LogP) is 6.91. The minimum Gasteiger partial charge on any atom is -0.107 e. The molecule has 3 aliphatic rings. The second-order valence-electron chi connectivity index (χ2n) is 12.6. The predicted molar refractivity (Wildman–Crippen MR) is 172 cm³/mol. The van der Waals surface area contributed by atoms with Gasteiger partial charge in [0.05, 0.1) is 26.4 Å². The van der Waals surface area contributed by atoms with E-state index >= 15 is 0 Å². The molecule has 0 amide bonds. The van der Waals surface area contributed by atoms with Crippen molar-refractivity contribution in [2.75, 3.05) is 0 Å². The van der Waals surface area contributed by atoms with Crippen molar-refractivity contribution in [1.29, 1.82) is 0 Å². The van der Waals surface area contributed by atoms with E-state index in [0.29, 0.717) is 0 Å². The minimum absolute atomic E-state index is 0.946. The van der Waals surface area contributed by atoms with E-state index in [1.807, 2.05) is 0 Å². The zero-order valence-electron chi connectivity index (χ0n) is 23.3. The van der Waals surface area contributed by atoms with Gasteiger partial charge in [-0.05, 0) is 35.9 Å². The molecule has 3 heteroatoms. The van der Waals surface area contributed by atoms with Crippen molar-refractivity contribution in [2.24, 2.45) is 17.8 Å². The van der Waals surface area contributed by atoms with Gasteiger partial charge in [0.1, 0.15) is 0 Å². The molecule has 0 aliphatic heterocycles. The lowest BCUT2D eigenvalue weighted by Gasteiger charge is -2.30. The Morgan fingerprint density at radius 3 is 1.33 bits per heavy atom. The van der Waals surface area contributed by atoms with Crippen LogP contribution in [0.3, 0.4) is 0 Å². The van der Waals surface area contributed by atoms with Gasteiger partial charge in [0, 0.05) is 0 Å². The normalized spacial score (nSPS) is 23.0. The molecule has 0 N–H and O–H groups in total. The summed E-state index contributed by atoms with van der Waals surface area (Å²) in [7, 11) is -3.49. The summed E-state index contributed by atoms with van der Waals surface area (Å²) < 4.78 is 0. The summed E-state index contributed by atoms with van der Waals surface area (Å²) in [5, 5.41) is 5.25. The zero-order chi connectivity index (χ0) is 25.2. The smallest absolute Gasteiger partial charge is 0.0936 e. The summed E-state index contributed by atoms with van der Waals surface area (Å²) in [6, 6.07) is 12.3. The largest absolute Gasteiger partial charge is 0.107 e. The second-order valence-corrected chi connectivity index (χ2v) is 21.0. The van der Waals surface area contributed by atoms with Gasteiger partial charge in [0.2, 0.25) is 0 Å². The first kappa shape index (κ1) is 28.1. The molecule has 0 saturated heterocycles. The van der Waals surface area contributed by atoms with Crippen molar-refractivity contribution in [2.45, 2.75) is 114 Å². The summed E-state index contributed by atoms with van der Waals surface area (Å²) in [4.78, 5) is 0. The Bertz CT molecular complexity index is 827. The van der Waals surface area contributed by atoms with Crippen LogP contribution < -0.4 is 15.6 Å². The highest BCUT2D eigenvalue weighted by Crippen LogP contribution is 2.30. The van der Waals surface area contributed by atoms with Crippen LogP contribution in [-0.4, -0.2) is 26.4 Å². The molecule has 1 aromatic rings. The van der Waals surface area contributed by atoms with Crippen molar-refractivity contribution < 1.29 is 0 Å². The molecule has 0 radical (unpaired) electrons. The first-order valence-corrected chi connectivity index (χ1v) is 21.9. The summed E-state index contributed by atoms with van der Waals surface area (Å²) in [6.07, 6.45) is 21.8. The van der Waals surface area contributed by atoms with Crippen LogP contribution in [0.25, 0.3) is 0 Å². The van der Waals surface area contributed by atoms with Crippen LogP contribution in [0.4, 0.5) is 0 Å².